The second kappa shape index (κ2) is 11.2. The second-order valence-corrected chi connectivity index (χ2v) is 5.65. The number of nitrogens with two attached hydrogens (primary N) is 1. The van der Waals surface area contributed by atoms with E-state index in [1.165, 1.54) is 0 Å². The molecule has 0 saturated heterocycles. The third kappa shape index (κ3) is 10.4. The monoisotopic (exact) mass is 365 g/mol. The van der Waals surface area contributed by atoms with E-state index in [0.717, 1.165) is 11.8 Å². The molecule has 0 aliphatic rings. The summed E-state index contributed by atoms with van der Waals surface area (Å²) in [5.41, 5.74) is 5.26. The van der Waals surface area contributed by atoms with Gasteiger partial charge < -0.3 is 31.7 Å². The number of hydrogen-bond donors (Lipinski definition) is 6. The summed E-state index contributed by atoms with van der Waals surface area (Å²) in [6, 6.07) is -2.38. The Morgan fingerprint density at radius 2 is 1.67 bits per heavy atom. The molecule has 0 aliphatic carbocycles. The van der Waals surface area contributed by atoms with Crippen LogP contribution >= 0.6 is 11.8 Å². The van der Waals surface area contributed by atoms with Crippen molar-refractivity contribution in [3.63, 3.8) is 0 Å². The lowest BCUT2D eigenvalue weighted by atomic mass is 10.1. The van der Waals surface area contributed by atoms with E-state index >= 15 is 0 Å². The van der Waals surface area contributed by atoms with Gasteiger partial charge in [-0.1, -0.05) is 0 Å². The summed E-state index contributed by atoms with van der Waals surface area (Å²) in [7, 11) is 0. The molecule has 0 rings (SSSR count). The van der Waals surface area contributed by atoms with Crippen molar-refractivity contribution in [1.29, 1.82) is 0 Å². The molecule has 2 atom stereocenters. The van der Waals surface area contributed by atoms with Crippen LogP contribution in [0.1, 0.15) is 12.8 Å². The molecule has 0 aromatic heterocycles. The third-order valence-corrected chi connectivity index (χ3v) is 3.60. The van der Waals surface area contributed by atoms with Crippen molar-refractivity contribution in [2.75, 3.05) is 18.1 Å². The predicted octanol–water partition coefficient (Wildman–Crippen LogP) is -2.32. The summed E-state index contributed by atoms with van der Waals surface area (Å²) in [5.74, 6) is -5.49. The fraction of sp³-hybridized carbons (Fsp3) is 0.583. The van der Waals surface area contributed by atoms with Crippen LogP contribution in [0.5, 0.6) is 0 Å². The second-order valence-electron chi connectivity index (χ2n) is 4.62. The zero-order valence-electron chi connectivity index (χ0n) is 12.6. The van der Waals surface area contributed by atoms with Crippen LogP contribution in [0.4, 0.5) is 0 Å². The first-order chi connectivity index (χ1) is 11.1. The van der Waals surface area contributed by atoms with E-state index < -0.39 is 48.4 Å². The van der Waals surface area contributed by atoms with Gasteiger partial charge in [-0.3, -0.25) is 24.0 Å². The standard InChI is InChI=1S/C12H19N3O8S/c13-6(12(22)23)1-2-8(16)15-7(4-24-5-10(19)20)11(21)14-3-9(17)18/h6-7H,1-5,13H2,(H,14,21)(H,15,16)(H,17,18)(H,19,20)(H,22,23)/t6-,7-/m0/s1. The van der Waals surface area contributed by atoms with E-state index in [1.54, 1.807) is 0 Å². The number of carboxylic acid groups (broad SMARTS) is 3. The van der Waals surface area contributed by atoms with Gasteiger partial charge in [-0.05, 0) is 6.42 Å². The molecule has 0 aliphatic heterocycles. The van der Waals surface area contributed by atoms with Crippen molar-refractivity contribution in [3.8, 4) is 0 Å². The average Bonchev–Trinajstić information content (AvgIpc) is 2.48. The fourth-order valence-corrected chi connectivity index (χ4v) is 2.17. The number of carboxylic acids is 3. The van der Waals surface area contributed by atoms with Crippen LogP contribution in [0, 0.1) is 0 Å². The Kier molecular flexibility index (Phi) is 10.1. The predicted molar refractivity (Wildman–Crippen MR) is 82.4 cm³/mol. The molecule has 0 heterocycles. The van der Waals surface area contributed by atoms with Crippen molar-refractivity contribution in [2.24, 2.45) is 5.73 Å². The van der Waals surface area contributed by atoms with E-state index in [4.69, 9.17) is 21.1 Å². The number of amides is 2. The van der Waals surface area contributed by atoms with E-state index in [0.29, 0.717) is 0 Å². The number of aliphatic carboxylic acids is 3. The molecular weight excluding hydrogens is 346 g/mol. The van der Waals surface area contributed by atoms with Gasteiger partial charge >= 0.3 is 17.9 Å². The van der Waals surface area contributed by atoms with Gasteiger partial charge in [0.05, 0.1) is 5.75 Å². The van der Waals surface area contributed by atoms with Crippen molar-refractivity contribution in [3.05, 3.63) is 0 Å². The normalized spacial score (nSPS) is 12.7. The Hall–Kier alpha value is -2.34. The molecule has 0 fully saturated rings. The minimum Gasteiger partial charge on any atom is -0.481 e. The smallest absolute Gasteiger partial charge is 0.322 e. The zero-order chi connectivity index (χ0) is 18.7. The molecule has 136 valence electrons. The van der Waals surface area contributed by atoms with Crippen molar-refractivity contribution < 1.29 is 39.3 Å². The van der Waals surface area contributed by atoms with Gasteiger partial charge in [0.15, 0.2) is 0 Å². The quantitative estimate of drug-likeness (QED) is 0.218. The highest BCUT2D eigenvalue weighted by Gasteiger charge is 2.22. The molecule has 12 heteroatoms. The summed E-state index contributed by atoms with van der Waals surface area (Å²) in [5, 5.41) is 30.1. The van der Waals surface area contributed by atoms with Gasteiger partial charge in [-0.25, -0.2) is 0 Å². The number of nitrogens with one attached hydrogen (secondary N) is 2. The fourth-order valence-electron chi connectivity index (χ4n) is 1.41. The number of carbonyl (C=O) groups excluding carboxylic acids is 2. The van der Waals surface area contributed by atoms with Crippen LogP contribution in [-0.4, -0.2) is 75.2 Å². The maximum Gasteiger partial charge on any atom is 0.322 e. The molecule has 0 radical (unpaired) electrons. The Labute approximate surface area is 141 Å². The Bertz CT molecular complexity index is 499. The first-order valence-electron chi connectivity index (χ1n) is 6.70. The van der Waals surface area contributed by atoms with Gasteiger partial charge in [0.1, 0.15) is 18.6 Å². The summed E-state index contributed by atoms with van der Waals surface area (Å²) in [6.07, 6.45) is -0.396. The van der Waals surface area contributed by atoms with Crippen LogP contribution in [0.25, 0.3) is 0 Å². The summed E-state index contributed by atoms with van der Waals surface area (Å²) in [4.78, 5) is 55.0. The zero-order valence-corrected chi connectivity index (χ0v) is 13.4. The summed E-state index contributed by atoms with van der Waals surface area (Å²) >= 11 is 0.862. The minimum atomic E-state index is -1.28. The van der Waals surface area contributed by atoms with E-state index in [1.807, 2.05) is 0 Å². The van der Waals surface area contributed by atoms with Gasteiger partial charge in [0.25, 0.3) is 0 Å². The Morgan fingerprint density at radius 3 is 2.17 bits per heavy atom. The van der Waals surface area contributed by atoms with Gasteiger partial charge in [-0.15, -0.1) is 11.8 Å². The van der Waals surface area contributed by atoms with Gasteiger partial charge in [0.2, 0.25) is 11.8 Å². The molecule has 0 saturated carbocycles. The highest BCUT2D eigenvalue weighted by molar-refractivity contribution is 8.00. The average molecular weight is 365 g/mol. The van der Waals surface area contributed by atoms with Gasteiger partial charge in [0, 0.05) is 12.2 Å². The van der Waals surface area contributed by atoms with E-state index in [9.17, 15) is 24.0 Å². The number of hydrogen-bond acceptors (Lipinski definition) is 7. The molecule has 0 unspecified atom stereocenters. The van der Waals surface area contributed by atoms with E-state index in [-0.39, 0.29) is 24.3 Å². The maximum atomic E-state index is 11.8. The first-order valence-corrected chi connectivity index (χ1v) is 7.85. The van der Waals surface area contributed by atoms with Crippen LogP contribution < -0.4 is 16.4 Å². The molecule has 0 aromatic carbocycles. The third-order valence-electron chi connectivity index (χ3n) is 2.58. The summed E-state index contributed by atoms with van der Waals surface area (Å²) < 4.78 is 0. The van der Waals surface area contributed by atoms with Crippen LogP contribution in [0.15, 0.2) is 0 Å². The van der Waals surface area contributed by atoms with Crippen LogP contribution in [0.2, 0.25) is 0 Å². The molecule has 0 aromatic rings. The lowest BCUT2D eigenvalue weighted by Crippen LogP contribution is -2.49. The molecule has 7 N–H and O–H groups in total. The van der Waals surface area contributed by atoms with E-state index in [2.05, 4.69) is 10.6 Å². The lowest BCUT2D eigenvalue weighted by Gasteiger charge is -2.17. The Morgan fingerprint density at radius 1 is 1.04 bits per heavy atom. The highest BCUT2D eigenvalue weighted by Crippen LogP contribution is 2.04. The molecule has 24 heavy (non-hydrogen) atoms. The molecule has 2 amide bonds. The summed E-state index contributed by atoms with van der Waals surface area (Å²) in [6.45, 7) is -0.654. The van der Waals surface area contributed by atoms with Crippen LogP contribution in [-0.2, 0) is 24.0 Å². The number of thioether (sulfide) groups is 1. The van der Waals surface area contributed by atoms with Crippen molar-refractivity contribution >= 4 is 41.5 Å². The Balaban J connectivity index is 4.57. The lowest BCUT2D eigenvalue weighted by molar-refractivity contribution is -0.139. The topological polar surface area (TPSA) is 196 Å². The van der Waals surface area contributed by atoms with Gasteiger partial charge in [-0.2, -0.15) is 0 Å². The molecule has 0 spiro atoms. The van der Waals surface area contributed by atoms with Crippen molar-refractivity contribution in [2.45, 2.75) is 24.9 Å². The molecule has 11 nitrogen and oxygen atoms in total. The van der Waals surface area contributed by atoms with Crippen molar-refractivity contribution in [1.82, 2.24) is 10.6 Å². The SMILES string of the molecule is N[C@@H](CCC(=O)N[C@@H](CSCC(=O)O)C(=O)NCC(=O)O)C(=O)O. The van der Waals surface area contributed by atoms with Crippen LogP contribution in [0.3, 0.4) is 0 Å². The largest absolute Gasteiger partial charge is 0.481 e. The highest BCUT2D eigenvalue weighted by atomic mass is 32.2. The number of carbonyl (C=O) groups is 5. The minimum absolute atomic E-state index is 0.0888. The molecular formula is C12H19N3O8S. The maximum absolute atomic E-state index is 11.8. The molecule has 0 bridgehead atoms. The number of rotatable bonds is 12. The first kappa shape index (κ1) is 21.7.